The molecule has 9 aromatic carbocycles. The van der Waals surface area contributed by atoms with Crippen LogP contribution in [0.15, 0.2) is 198 Å². The van der Waals surface area contributed by atoms with E-state index in [1.165, 1.54) is 110 Å². The molecule has 1 atom stereocenters. The number of fused-ring (bicyclic) bond motifs is 16. The summed E-state index contributed by atoms with van der Waals surface area (Å²) in [5.41, 5.74) is 21.5. The topological polar surface area (TPSA) is 3.24 Å². The molecule has 1 unspecified atom stereocenters. The lowest BCUT2D eigenvalue weighted by molar-refractivity contribution is 0.554. The third-order valence-corrected chi connectivity index (χ3v) is 16.9. The van der Waals surface area contributed by atoms with Gasteiger partial charge in [-0.2, -0.15) is 0 Å². The van der Waals surface area contributed by atoms with Crippen LogP contribution in [0.2, 0.25) is 0 Å². The second-order valence-electron chi connectivity index (χ2n) is 20.0. The van der Waals surface area contributed by atoms with Crippen LogP contribution in [0.3, 0.4) is 0 Å². The quantitative estimate of drug-likeness (QED) is 0.174. The zero-order valence-corrected chi connectivity index (χ0v) is 38.1. The molecule has 1 spiro atoms. The predicted molar refractivity (Wildman–Crippen MR) is 268 cm³/mol. The lowest BCUT2D eigenvalue weighted by atomic mass is 9.53. The van der Waals surface area contributed by atoms with Crippen LogP contribution in [0, 0.1) is 0 Å². The Labute approximate surface area is 381 Å². The Hall–Kier alpha value is -6.61. The lowest BCUT2D eigenvalue weighted by Gasteiger charge is -2.51. The average molecular weight is 840 g/mol. The van der Waals surface area contributed by atoms with Crippen molar-refractivity contribution < 1.29 is 0 Å². The molecule has 9 aromatic rings. The summed E-state index contributed by atoms with van der Waals surface area (Å²) in [4.78, 5) is 5.17. The summed E-state index contributed by atoms with van der Waals surface area (Å²) in [6, 6.07) is 72.2. The van der Waals surface area contributed by atoms with Gasteiger partial charge in [-0.3, -0.25) is 0 Å². The van der Waals surface area contributed by atoms with E-state index >= 15 is 0 Å². The van der Waals surface area contributed by atoms with Crippen LogP contribution in [0.5, 0.6) is 0 Å². The number of benzene rings is 9. The monoisotopic (exact) mass is 839 g/mol. The Balaban J connectivity index is 1.11. The molecule has 1 heterocycles. The van der Waals surface area contributed by atoms with Gasteiger partial charge in [-0.05, 0) is 137 Å². The van der Waals surface area contributed by atoms with Gasteiger partial charge in [0.15, 0.2) is 0 Å². The summed E-state index contributed by atoms with van der Waals surface area (Å²) in [5, 5.41) is 2.61. The van der Waals surface area contributed by atoms with E-state index in [-0.39, 0.29) is 16.2 Å². The van der Waals surface area contributed by atoms with E-state index in [0.717, 1.165) is 5.69 Å². The Kier molecular flexibility index (Phi) is 7.69. The molecule has 1 nitrogen and oxygen atoms in total. The third-order valence-electron chi connectivity index (χ3n) is 15.7. The number of rotatable bonds is 3. The first kappa shape index (κ1) is 37.9. The van der Waals surface area contributed by atoms with E-state index in [4.69, 9.17) is 0 Å². The number of anilines is 3. The van der Waals surface area contributed by atoms with Crippen LogP contribution in [0.4, 0.5) is 17.1 Å². The number of hydrogen-bond acceptors (Lipinski definition) is 2. The Morgan fingerprint density at radius 1 is 0.328 bits per heavy atom. The predicted octanol–water partition coefficient (Wildman–Crippen LogP) is 16.4. The van der Waals surface area contributed by atoms with Crippen LogP contribution in [0.25, 0.3) is 33.0 Å². The van der Waals surface area contributed by atoms with Crippen molar-refractivity contribution in [2.75, 3.05) is 4.90 Å². The molecule has 308 valence electrons. The van der Waals surface area contributed by atoms with Gasteiger partial charge in [-0.15, -0.1) is 0 Å². The number of hydrogen-bond donors (Lipinski definition) is 0. The van der Waals surface area contributed by atoms with E-state index in [1.54, 1.807) is 0 Å². The molecule has 0 bridgehead atoms. The highest BCUT2D eigenvalue weighted by atomic mass is 32.2. The van der Waals surface area contributed by atoms with Gasteiger partial charge in [0.2, 0.25) is 0 Å². The van der Waals surface area contributed by atoms with Crippen LogP contribution in [0.1, 0.15) is 97.2 Å². The standard InChI is InChI=1S/C62H49NS/c1-59(2)47-21-11-9-19-43(47)45-31-28-39(35-53(45)59)63(40-29-32-46-44-20-10-12-22-48(44)60(3,4)54(46)36-40)41-30-34-57-55(37-41)62(51-25-15-16-26-56(51)64-57)50-24-14-13-23-49(50)61(5,6)58-42-18-8-7-17-38(42)27-33-52(58)62/h7-37H,1-6H3. The molecule has 0 N–H and O–H groups in total. The normalized spacial score (nSPS) is 18.2. The first-order valence-electron chi connectivity index (χ1n) is 22.8. The fourth-order valence-electron chi connectivity index (χ4n) is 12.8. The summed E-state index contributed by atoms with van der Waals surface area (Å²) in [6.45, 7) is 14.4. The Morgan fingerprint density at radius 3 is 1.44 bits per heavy atom. The van der Waals surface area contributed by atoms with E-state index in [1.807, 2.05) is 11.8 Å². The Morgan fingerprint density at radius 2 is 0.797 bits per heavy atom. The zero-order chi connectivity index (χ0) is 43.3. The molecule has 1 aliphatic heterocycles. The highest BCUT2D eigenvalue weighted by molar-refractivity contribution is 7.99. The van der Waals surface area contributed by atoms with Crippen molar-refractivity contribution in [2.45, 2.75) is 73.0 Å². The second-order valence-corrected chi connectivity index (χ2v) is 21.1. The van der Waals surface area contributed by atoms with Gasteiger partial charge in [-0.1, -0.05) is 193 Å². The third kappa shape index (κ3) is 4.82. The molecule has 13 rings (SSSR count). The summed E-state index contributed by atoms with van der Waals surface area (Å²) in [7, 11) is 0. The zero-order valence-electron chi connectivity index (χ0n) is 37.3. The highest BCUT2D eigenvalue weighted by Crippen LogP contribution is 2.63. The van der Waals surface area contributed by atoms with E-state index in [2.05, 4.69) is 234 Å². The van der Waals surface area contributed by atoms with Crippen molar-refractivity contribution in [1.82, 2.24) is 0 Å². The summed E-state index contributed by atoms with van der Waals surface area (Å²) >= 11 is 1.91. The van der Waals surface area contributed by atoms with E-state index in [0.29, 0.717) is 0 Å². The smallest absolute Gasteiger partial charge is 0.0730 e. The van der Waals surface area contributed by atoms with Crippen molar-refractivity contribution in [3.63, 3.8) is 0 Å². The van der Waals surface area contributed by atoms with Gasteiger partial charge in [0.05, 0.1) is 5.41 Å². The Bertz CT molecular complexity index is 3370. The van der Waals surface area contributed by atoms with Crippen molar-refractivity contribution in [3.05, 3.63) is 244 Å². The van der Waals surface area contributed by atoms with Crippen molar-refractivity contribution in [3.8, 4) is 22.3 Å². The molecule has 2 heteroatoms. The molecule has 0 aromatic heterocycles. The summed E-state index contributed by atoms with van der Waals surface area (Å²) in [5.74, 6) is 0. The van der Waals surface area contributed by atoms with Crippen molar-refractivity contribution in [2.24, 2.45) is 0 Å². The molecule has 0 saturated carbocycles. The van der Waals surface area contributed by atoms with Crippen LogP contribution in [-0.2, 0) is 21.7 Å². The fourth-order valence-corrected chi connectivity index (χ4v) is 13.9. The molecule has 64 heavy (non-hydrogen) atoms. The molecular weight excluding hydrogens is 791 g/mol. The van der Waals surface area contributed by atoms with Gasteiger partial charge in [0.25, 0.3) is 0 Å². The van der Waals surface area contributed by atoms with E-state index < -0.39 is 5.41 Å². The first-order valence-corrected chi connectivity index (χ1v) is 23.7. The minimum Gasteiger partial charge on any atom is -0.310 e. The molecule has 0 fully saturated rings. The fraction of sp³-hybridized carbons (Fsp3) is 0.161. The molecule has 4 aliphatic rings. The van der Waals surface area contributed by atoms with Crippen LogP contribution >= 0.6 is 11.8 Å². The van der Waals surface area contributed by atoms with Crippen LogP contribution < -0.4 is 4.90 Å². The van der Waals surface area contributed by atoms with Gasteiger partial charge in [0, 0.05) is 43.1 Å². The van der Waals surface area contributed by atoms with Gasteiger partial charge >= 0.3 is 0 Å². The minimum absolute atomic E-state index is 0.138. The van der Waals surface area contributed by atoms with Gasteiger partial charge in [0.1, 0.15) is 0 Å². The largest absolute Gasteiger partial charge is 0.310 e. The maximum absolute atomic E-state index is 2.56. The second kappa shape index (κ2) is 13.0. The van der Waals surface area contributed by atoms with Crippen LogP contribution in [-0.4, -0.2) is 0 Å². The maximum Gasteiger partial charge on any atom is 0.0730 e. The van der Waals surface area contributed by atoms with E-state index in [9.17, 15) is 0 Å². The molecule has 0 saturated heterocycles. The molecule has 3 aliphatic carbocycles. The van der Waals surface area contributed by atoms with Crippen molar-refractivity contribution in [1.29, 1.82) is 0 Å². The maximum atomic E-state index is 2.56. The molecule has 0 radical (unpaired) electrons. The molecular formula is C62H49NS. The highest BCUT2D eigenvalue weighted by Gasteiger charge is 2.53. The number of nitrogens with zero attached hydrogens (tertiary/aromatic N) is 1. The van der Waals surface area contributed by atoms with Gasteiger partial charge in [-0.25, -0.2) is 0 Å². The first-order chi connectivity index (χ1) is 31.0. The van der Waals surface area contributed by atoms with Gasteiger partial charge < -0.3 is 4.90 Å². The molecule has 0 amide bonds. The average Bonchev–Trinajstić information content (AvgIpc) is 3.69. The minimum atomic E-state index is -0.562. The lowest BCUT2D eigenvalue weighted by Crippen LogP contribution is -2.43. The summed E-state index contributed by atoms with van der Waals surface area (Å²) in [6.07, 6.45) is 0. The van der Waals surface area contributed by atoms with Crippen molar-refractivity contribution >= 4 is 39.6 Å². The SMILES string of the molecule is CC1(C)c2ccccc2-c2ccc(N(c3ccc4c(c3)C(C)(C)c3ccccc3-4)c3ccc4c(c3)C3(c5ccccc5S4)c4ccccc4C(C)(C)c4c3ccc3ccccc43)cc21. The summed E-state index contributed by atoms with van der Waals surface area (Å²) < 4.78 is 0.